The van der Waals surface area contributed by atoms with Crippen molar-refractivity contribution in [2.24, 2.45) is 5.73 Å². The van der Waals surface area contributed by atoms with E-state index in [0.717, 1.165) is 12.6 Å². The van der Waals surface area contributed by atoms with Gasteiger partial charge in [-0.3, -0.25) is 9.80 Å². The minimum atomic E-state index is 0.282. The molecule has 0 spiro atoms. The lowest BCUT2D eigenvalue weighted by molar-refractivity contribution is 0.0249. The zero-order valence-electron chi connectivity index (χ0n) is 11.6. The van der Waals surface area contributed by atoms with Crippen LogP contribution >= 0.6 is 0 Å². The Bertz CT molecular complexity index is 226. The van der Waals surface area contributed by atoms with E-state index in [1.54, 1.807) is 0 Å². The van der Waals surface area contributed by atoms with E-state index >= 15 is 0 Å². The van der Waals surface area contributed by atoms with E-state index in [1.807, 2.05) is 0 Å². The zero-order chi connectivity index (χ0) is 12.3. The second-order valence-electron chi connectivity index (χ2n) is 5.79. The van der Waals surface area contributed by atoms with Crippen molar-refractivity contribution in [1.29, 1.82) is 0 Å². The average molecular weight is 239 g/mol. The first-order valence-electron chi connectivity index (χ1n) is 7.45. The van der Waals surface area contributed by atoms with Gasteiger partial charge in [-0.05, 0) is 25.7 Å². The Hall–Kier alpha value is -0.120. The number of hydrogen-bond donors (Lipinski definition) is 1. The predicted molar refractivity (Wildman–Crippen MR) is 73.2 cm³/mol. The molecule has 0 aromatic heterocycles. The molecule has 1 heterocycles. The van der Waals surface area contributed by atoms with Gasteiger partial charge in [-0.25, -0.2) is 0 Å². The van der Waals surface area contributed by atoms with Gasteiger partial charge < -0.3 is 5.73 Å². The van der Waals surface area contributed by atoms with Crippen LogP contribution in [0.2, 0.25) is 0 Å². The summed E-state index contributed by atoms with van der Waals surface area (Å²) in [4.78, 5) is 5.36. The van der Waals surface area contributed by atoms with Gasteiger partial charge in [0.2, 0.25) is 0 Å². The van der Waals surface area contributed by atoms with Gasteiger partial charge >= 0.3 is 0 Å². The Morgan fingerprint density at radius 3 is 2.18 bits per heavy atom. The Kier molecular flexibility index (Phi) is 4.45. The second kappa shape index (κ2) is 5.68. The van der Waals surface area contributed by atoms with E-state index < -0.39 is 0 Å². The molecule has 3 nitrogen and oxygen atoms in total. The molecule has 1 aliphatic carbocycles. The van der Waals surface area contributed by atoms with E-state index in [0.29, 0.717) is 0 Å². The molecule has 2 N–H and O–H groups in total. The molecule has 0 amide bonds. The van der Waals surface area contributed by atoms with Crippen molar-refractivity contribution >= 4 is 0 Å². The molecule has 0 radical (unpaired) electrons. The zero-order valence-corrected chi connectivity index (χ0v) is 11.6. The normalized spacial score (nSPS) is 27.0. The molecule has 3 heteroatoms. The molecular weight excluding hydrogens is 210 g/mol. The summed E-state index contributed by atoms with van der Waals surface area (Å²) in [5.74, 6) is 0. The fraction of sp³-hybridized carbons (Fsp3) is 1.00. The number of nitrogens with two attached hydrogens (primary N) is 1. The summed E-state index contributed by atoms with van der Waals surface area (Å²) in [6.07, 6.45) is 6.56. The Morgan fingerprint density at radius 1 is 1.12 bits per heavy atom. The van der Waals surface area contributed by atoms with Crippen LogP contribution in [0.5, 0.6) is 0 Å². The quantitative estimate of drug-likeness (QED) is 0.765. The van der Waals surface area contributed by atoms with Crippen molar-refractivity contribution in [3.8, 4) is 0 Å². The van der Waals surface area contributed by atoms with Crippen LogP contribution < -0.4 is 5.73 Å². The third-order valence-electron chi connectivity index (χ3n) is 4.80. The molecule has 0 bridgehead atoms. The van der Waals surface area contributed by atoms with Crippen LogP contribution in [0.15, 0.2) is 0 Å². The van der Waals surface area contributed by atoms with Gasteiger partial charge in [-0.2, -0.15) is 0 Å². The highest BCUT2D eigenvalue weighted by Crippen LogP contribution is 2.30. The molecule has 1 saturated heterocycles. The highest BCUT2D eigenvalue weighted by Gasteiger charge is 2.37. The molecule has 1 saturated carbocycles. The highest BCUT2D eigenvalue weighted by atomic mass is 15.3. The highest BCUT2D eigenvalue weighted by molar-refractivity contribution is 4.95. The topological polar surface area (TPSA) is 32.5 Å². The van der Waals surface area contributed by atoms with Crippen LogP contribution in [0.4, 0.5) is 0 Å². The van der Waals surface area contributed by atoms with Crippen molar-refractivity contribution in [2.45, 2.75) is 57.5 Å². The van der Waals surface area contributed by atoms with Gasteiger partial charge in [0.25, 0.3) is 0 Å². The summed E-state index contributed by atoms with van der Waals surface area (Å²) < 4.78 is 0. The molecular formula is C14H29N3. The smallest absolute Gasteiger partial charge is 0.0330 e. The monoisotopic (exact) mass is 239 g/mol. The first-order valence-corrected chi connectivity index (χ1v) is 7.45. The molecule has 2 fully saturated rings. The van der Waals surface area contributed by atoms with Gasteiger partial charge in [0.1, 0.15) is 0 Å². The van der Waals surface area contributed by atoms with Crippen LogP contribution in [-0.4, -0.2) is 54.1 Å². The maximum atomic E-state index is 6.09. The molecule has 100 valence electrons. The van der Waals surface area contributed by atoms with Crippen molar-refractivity contribution < 1.29 is 0 Å². The number of rotatable bonds is 6. The molecule has 1 atom stereocenters. The summed E-state index contributed by atoms with van der Waals surface area (Å²) >= 11 is 0. The lowest BCUT2D eigenvalue weighted by Gasteiger charge is -2.47. The summed E-state index contributed by atoms with van der Waals surface area (Å²) in [6.45, 7) is 10.4. The first kappa shape index (κ1) is 13.3. The minimum absolute atomic E-state index is 0.282. The summed E-state index contributed by atoms with van der Waals surface area (Å²) in [7, 11) is 0. The van der Waals surface area contributed by atoms with E-state index in [9.17, 15) is 0 Å². The van der Waals surface area contributed by atoms with E-state index in [1.165, 1.54) is 58.3 Å². The fourth-order valence-electron chi connectivity index (χ4n) is 3.40. The van der Waals surface area contributed by atoms with E-state index in [-0.39, 0.29) is 5.54 Å². The van der Waals surface area contributed by atoms with Gasteiger partial charge in [-0.15, -0.1) is 0 Å². The minimum Gasteiger partial charge on any atom is -0.329 e. The largest absolute Gasteiger partial charge is 0.329 e. The average Bonchev–Trinajstić information content (AvgIpc) is 3.21. The number of piperazine rings is 1. The van der Waals surface area contributed by atoms with Gasteiger partial charge in [0.15, 0.2) is 0 Å². The predicted octanol–water partition coefficient (Wildman–Crippen LogP) is 1.67. The van der Waals surface area contributed by atoms with Gasteiger partial charge in [-0.1, -0.05) is 20.3 Å². The number of nitrogens with zero attached hydrogens (tertiary/aromatic N) is 2. The Morgan fingerprint density at radius 2 is 1.76 bits per heavy atom. The third kappa shape index (κ3) is 2.83. The van der Waals surface area contributed by atoms with E-state index in [4.69, 9.17) is 5.73 Å². The van der Waals surface area contributed by atoms with Crippen LogP contribution in [0.25, 0.3) is 0 Å². The maximum absolute atomic E-state index is 6.09. The van der Waals surface area contributed by atoms with Crippen molar-refractivity contribution in [2.75, 3.05) is 32.7 Å². The van der Waals surface area contributed by atoms with Gasteiger partial charge in [0.05, 0.1) is 0 Å². The third-order valence-corrected chi connectivity index (χ3v) is 4.80. The molecule has 1 aliphatic heterocycles. The lowest BCUT2D eigenvalue weighted by atomic mass is 9.88. The maximum Gasteiger partial charge on any atom is 0.0330 e. The van der Waals surface area contributed by atoms with Crippen LogP contribution in [-0.2, 0) is 0 Å². The van der Waals surface area contributed by atoms with Crippen molar-refractivity contribution in [3.63, 3.8) is 0 Å². The van der Waals surface area contributed by atoms with Gasteiger partial charge in [0, 0.05) is 44.3 Å². The lowest BCUT2D eigenvalue weighted by Crippen LogP contribution is -2.60. The molecule has 0 aromatic carbocycles. The van der Waals surface area contributed by atoms with E-state index in [2.05, 4.69) is 23.6 Å². The summed E-state index contributed by atoms with van der Waals surface area (Å²) in [5, 5.41) is 0. The van der Waals surface area contributed by atoms with Crippen molar-refractivity contribution in [1.82, 2.24) is 9.80 Å². The van der Waals surface area contributed by atoms with Crippen LogP contribution in [0.1, 0.15) is 46.0 Å². The molecule has 0 aromatic rings. The van der Waals surface area contributed by atoms with Crippen molar-refractivity contribution in [3.05, 3.63) is 0 Å². The fourth-order valence-corrected chi connectivity index (χ4v) is 3.40. The summed E-state index contributed by atoms with van der Waals surface area (Å²) in [5.41, 5.74) is 6.37. The SMILES string of the molecule is CCCC(CC)(CN)N1CCN(C2CC2)CC1. The standard InChI is InChI=1S/C14H29N3/c1-3-7-14(4-2,12-15)17-10-8-16(9-11-17)13-5-6-13/h13H,3-12,15H2,1-2H3. The molecule has 2 aliphatic rings. The molecule has 17 heavy (non-hydrogen) atoms. The summed E-state index contributed by atoms with van der Waals surface area (Å²) in [6, 6.07) is 0.928. The van der Waals surface area contributed by atoms with Crippen LogP contribution in [0.3, 0.4) is 0 Å². The van der Waals surface area contributed by atoms with Crippen LogP contribution in [0, 0.1) is 0 Å². The molecule has 1 unspecified atom stereocenters. The Balaban J connectivity index is 1.91. The first-order chi connectivity index (χ1) is 8.25. The molecule has 2 rings (SSSR count). The second-order valence-corrected chi connectivity index (χ2v) is 5.79. The Labute approximate surface area is 106 Å². The number of hydrogen-bond acceptors (Lipinski definition) is 3.